The van der Waals surface area contributed by atoms with Gasteiger partial charge in [-0.1, -0.05) is 31.0 Å². The Labute approximate surface area is 154 Å². The van der Waals surface area contributed by atoms with Gasteiger partial charge in [-0.3, -0.25) is 9.52 Å². The molecule has 2 rings (SSSR count). The number of ether oxygens (including phenoxy) is 1. The summed E-state index contributed by atoms with van der Waals surface area (Å²) in [4.78, 5) is 11.8. The predicted octanol–water partition coefficient (Wildman–Crippen LogP) is 4.85. The molecule has 5 heteroatoms. The van der Waals surface area contributed by atoms with Crippen LogP contribution in [-0.4, -0.2) is 12.6 Å². The van der Waals surface area contributed by atoms with Gasteiger partial charge in [0.15, 0.2) is 0 Å². The van der Waals surface area contributed by atoms with Crippen molar-refractivity contribution in [1.82, 2.24) is 4.72 Å². The van der Waals surface area contributed by atoms with E-state index in [4.69, 9.17) is 4.74 Å². The number of carbonyl (C=O) groups excluding carboxylic acids is 1. The van der Waals surface area contributed by atoms with E-state index in [-0.39, 0.29) is 18.2 Å². The van der Waals surface area contributed by atoms with Crippen molar-refractivity contribution in [3.05, 3.63) is 58.4 Å². The Morgan fingerprint density at radius 3 is 2.40 bits per heavy atom. The second-order valence-electron chi connectivity index (χ2n) is 6.15. The number of thiol groups is 1. The van der Waals surface area contributed by atoms with Crippen LogP contribution in [0.2, 0.25) is 0 Å². The first kappa shape index (κ1) is 19.5. The third-order valence-corrected chi connectivity index (χ3v) is 4.57. The van der Waals surface area contributed by atoms with Gasteiger partial charge in [-0.15, -0.1) is 0 Å². The molecule has 0 aliphatic rings. The van der Waals surface area contributed by atoms with Crippen LogP contribution in [0.1, 0.15) is 41.6 Å². The van der Waals surface area contributed by atoms with E-state index in [1.165, 1.54) is 0 Å². The topological polar surface area (TPSA) is 38.3 Å². The van der Waals surface area contributed by atoms with Gasteiger partial charge in [0.1, 0.15) is 5.82 Å². The lowest BCUT2D eigenvalue weighted by Crippen LogP contribution is -2.19. The molecule has 0 spiro atoms. The maximum atomic E-state index is 14.7. The molecule has 0 aromatic heterocycles. The molecule has 0 heterocycles. The quantitative estimate of drug-likeness (QED) is 0.571. The molecule has 0 saturated heterocycles. The van der Waals surface area contributed by atoms with Crippen molar-refractivity contribution in [2.75, 3.05) is 6.61 Å². The third kappa shape index (κ3) is 4.41. The minimum Gasteiger partial charge on any atom is -0.466 e. The molecule has 0 fully saturated rings. The summed E-state index contributed by atoms with van der Waals surface area (Å²) in [7, 11) is 0. The Morgan fingerprint density at radius 2 is 1.84 bits per heavy atom. The van der Waals surface area contributed by atoms with Gasteiger partial charge in [0.2, 0.25) is 0 Å². The first-order valence-corrected chi connectivity index (χ1v) is 8.75. The molecule has 2 aromatic rings. The van der Waals surface area contributed by atoms with Crippen molar-refractivity contribution < 1.29 is 13.9 Å². The second-order valence-corrected chi connectivity index (χ2v) is 6.41. The van der Waals surface area contributed by atoms with E-state index in [9.17, 15) is 9.18 Å². The number of aryl methyl sites for hydroxylation is 3. The average Bonchev–Trinajstić information content (AvgIpc) is 2.56. The Kier molecular flexibility index (Phi) is 6.62. The van der Waals surface area contributed by atoms with Crippen LogP contribution in [0.15, 0.2) is 30.3 Å². The summed E-state index contributed by atoms with van der Waals surface area (Å²) in [5, 5.41) is 0. The van der Waals surface area contributed by atoms with E-state index in [2.05, 4.69) is 17.5 Å². The van der Waals surface area contributed by atoms with E-state index in [1.807, 2.05) is 38.1 Å². The molecule has 1 unspecified atom stereocenters. The van der Waals surface area contributed by atoms with Crippen molar-refractivity contribution >= 4 is 18.8 Å². The lowest BCUT2D eigenvalue weighted by molar-refractivity contribution is -0.143. The van der Waals surface area contributed by atoms with Crippen LogP contribution in [0.3, 0.4) is 0 Å². The number of esters is 1. The van der Waals surface area contributed by atoms with Crippen LogP contribution in [0.5, 0.6) is 0 Å². The van der Waals surface area contributed by atoms with E-state index < -0.39 is 6.04 Å². The lowest BCUT2D eigenvalue weighted by atomic mass is 9.91. The summed E-state index contributed by atoms with van der Waals surface area (Å²) in [6.07, 6.45) is 0.0178. The van der Waals surface area contributed by atoms with Gasteiger partial charge in [0.05, 0.1) is 19.1 Å². The molecule has 1 atom stereocenters. The molecule has 134 valence electrons. The molecular weight excluding hydrogens is 337 g/mol. The van der Waals surface area contributed by atoms with Crippen molar-refractivity contribution in [2.45, 2.75) is 40.2 Å². The Bertz CT molecular complexity index is 756. The van der Waals surface area contributed by atoms with Gasteiger partial charge in [0.25, 0.3) is 0 Å². The lowest BCUT2D eigenvalue weighted by Gasteiger charge is -2.19. The molecule has 0 aliphatic carbocycles. The van der Waals surface area contributed by atoms with Gasteiger partial charge in [0, 0.05) is 5.56 Å². The van der Waals surface area contributed by atoms with Crippen LogP contribution in [0, 0.1) is 26.6 Å². The summed E-state index contributed by atoms with van der Waals surface area (Å²) >= 11 is 4.09. The summed E-state index contributed by atoms with van der Waals surface area (Å²) < 4.78 is 22.5. The Morgan fingerprint density at radius 1 is 1.20 bits per heavy atom. The van der Waals surface area contributed by atoms with Crippen molar-refractivity contribution in [1.29, 1.82) is 0 Å². The fourth-order valence-corrected chi connectivity index (χ4v) is 3.31. The molecule has 1 N–H and O–H groups in total. The molecule has 25 heavy (non-hydrogen) atoms. The maximum Gasteiger partial charge on any atom is 0.307 e. The highest BCUT2D eigenvalue weighted by Crippen LogP contribution is 2.33. The van der Waals surface area contributed by atoms with E-state index in [0.29, 0.717) is 17.7 Å². The molecule has 0 bridgehead atoms. The Hall–Kier alpha value is -1.85. The second kappa shape index (κ2) is 8.50. The molecule has 0 saturated carbocycles. The zero-order valence-corrected chi connectivity index (χ0v) is 15.9. The van der Waals surface area contributed by atoms with Gasteiger partial charge in [-0.25, -0.2) is 4.39 Å². The van der Waals surface area contributed by atoms with Crippen molar-refractivity contribution in [2.24, 2.45) is 0 Å². The summed E-state index contributed by atoms with van der Waals surface area (Å²) in [6, 6.07) is 9.15. The van der Waals surface area contributed by atoms with Crippen LogP contribution < -0.4 is 4.72 Å². The number of hydrogen-bond donors (Lipinski definition) is 2. The number of carbonyl (C=O) groups is 1. The first-order chi connectivity index (χ1) is 11.9. The minimum atomic E-state index is -0.564. The van der Waals surface area contributed by atoms with Gasteiger partial charge in [-0.2, -0.15) is 0 Å². The minimum absolute atomic E-state index is 0.0178. The summed E-state index contributed by atoms with van der Waals surface area (Å²) in [6.45, 7) is 7.84. The maximum absolute atomic E-state index is 14.7. The highest BCUT2D eigenvalue weighted by Gasteiger charge is 2.22. The highest BCUT2D eigenvalue weighted by molar-refractivity contribution is 7.78. The largest absolute Gasteiger partial charge is 0.466 e. The number of rotatable bonds is 6. The van der Waals surface area contributed by atoms with Crippen LogP contribution in [0.25, 0.3) is 11.1 Å². The number of nitrogens with one attached hydrogen (secondary N) is 1. The molecule has 3 nitrogen and oxygen atoms in total. The molecule has 0 amide bonds. The van der Waals surface area contributed by atoms with E-state index >= 15 is 0 Å². The van der Waals surface area contributed by atoms with Crippen LogP contribution in [0.4, 0.5) is 4.39 Å². The molecular formula is C20H24FNO2S. The highest BCUT2D eigenvalue weighted by atomic mass is 32.1. The molecule has 0 radical (unpaired) electrons. The fourth-order valence-electron chi connectivity index (χ4n) is 3.08. The standard InChI is InChI=1S/C20H24FNO2S/c1-5-24-18(23)11-17(22-25)16-10-15(9-14(4)20(16)21)19-12(2)7-6-8-13(19)3/h6-10,17,22,25H,5,11H2,1-4H3. The SMILES string of the molecule is CCOC(=O)CC(NS)c1cc(-c2c(C)cccc2C)cc(C)c1F. The summed E-state index contributed by atoms with van der Waals surface area (Å²) in [5.74, 6) is -0.714. The fraction of sp³-hybridized carbons (Fsp3) is 0.350. The number of halogens is 1. The zero-order valence-electron chi connectivity index (χ0n) is 15.0. The third-order valence-electron chi connectivity index (χ3n) is 4.26. The smallest absolute Gasteiger partial charge is 0.307 e. The molecule has 2 aromatic carbocycles. The van der Waals surface area contributed by atoms with Crippen LogP contribution in [-0.2, 0) is 9.53 Å². The van der Waals surface area contributed by atoms with E-state index in [0.717, 1.165) is 22.3 Å². The predicted molar refractivity (Wildman–Crippen MR) is 102 cm³/mol. The Balaban J connectivity index is 2.52. The zero-order chi connectivity index (χ0) is 18.6. The van der Waals surface area contributed by atoms with Crippen molar-refractivity contribution in [3.63, 3.8) is 0 Å². The van der Waals surface area contributed by atoms with Crippen LogP contribution >= 0.6 is 12.8 Å². The molecule has 0 aliphatic heterocycles. The average molecular weight is 361 g/mol. The van der Waals surface area contributed by atoms with E-state index in [1.54, 1.807) is 19.9 Å². The monoisotopic (exact) mass is 361 g/mol. The number of benzene rings is 2. The first-order valence-electron chi connectivity index (χ1n) is 8.30. The summed E-state index contributed by atoms with van der Waals surface area (Å²) in [5.41, 5.74) is 5.21. The van der Waals surface area contributed by atoms with Gasteiger partial charge < -0.3 is 4.74 Å². The number of hydrogen-bond acceptors (Lipinski definition) is 4. The van der Waals surface area contributed by atoms with Gasteiger partial charge >= 0.3 is 5.97 Å². The normalized spacial score (nSPS) is 12.1. The van der Waals surface area contributed by atoms with Gasteiger partial charge in [-0.05, 0) is 67.6 Å². The van der Waals surface area contributed by atoms with Crippen molar-refractivity contribution in [3.8, 4) is 11.1 Å².